The van der Waals surface area contributed by atoms with Crippen LogP contribution in [0.5, 0.6) is 5.75 Å². The predicted molar refractivity (Wildman–Crippen MR) is 123 cm³/mol. The Hall–Kier alpha value is -2.47. The Morgan fingerprint density at radius 1 is 1.16 bits per heavy atom. The number of ether oxygens (including phenoxy) is 3. The third kappa shape index (κ3) is 10.4. The van der Waals surface area contributed by atoms with Gasteiger partial charge in [-0.2, -0.15) is 0 Å². The molecular weight excluding hydrogens is 390 g/mol. The van der Waals surface area contributed by atoms with Gasteiger partial charge in [0.25, 0.3) is 0 Å². The number of carbonyl (C=O) groups excluding carboxylic acids is 1. The van der Waals surface area contributed by atoms with Gasteiger partial charge < -0.3 is 19.5 Å². The van der Waals surface area contributed by atoms with Crippen molar-refractivity contribution in [2.75, 3.05) is 26.4 Å². The van der Waals surface area contributed by atoms with Gasteiger partial charge in [-0.15, -0.1) is 24.7 Å². The van der Waals surface area contributed by atoms with Gasteiger partial charge in [0.05, 0.1) is 12.5 Å². The first-order valence-electron chi connectivity index (χ1n) is 11.1. The van der Waals surface area contributed by atoms with Crippen molar-refractivity contribution >= 4 is 5.97 Å². The van der Waals surface area contributed by atoms with E-state index in [2.05, 4.69) is 17.2 Å². The summed E-state index contributed by atoms with van der Waals surface area (Å²) in [6, 6.07) is 8.21. The van der Waals surface area contributed by atoms with E-state index in [9.17, 15) is 4.79 Å². The SMILES string of the molecule is C#CCC(CC#C)C(=O)O[C@@H](CNC(C)C)COc1ccc(CCOCC2CC2)cc1. The lowest BCUT2D eigenvalue weighted by Crippen LogP contribution is -2.39. The zero-order valence-corrected chi connectivity index (χ0v) is 18.8. The molecule has 5 heteroatoms. The van der Waals surface area contributed by atoms with Crippen LogP contribution in [0, 0.1) is 36.5 Å². The van der Waals surface area contributed by atoms with Gasteiger partial charge in [-0.05, 0) is 42.9 Å². The summed E-state index contributed by atoms with van der Waals surface area (Å²) in [5.41, 5.74) is 1.21. The molecule has 1 N–H and O–H groups in total. The molecule has 5 nitrogen and oxygen atoms in total. The Balaban J connectivity index is 1.83. The topological polar surface area (TPSA) is 56.8 Å². The predicted octanol–water partition coefficient (Wildman–Crippen LogP) is 3.61. The Morgan fingerprint density at radius 3 is 2.42 bits per heavy atom. The minimum Gasteiger partial charge on any atom is -0.490 e. The second-order valence-corrected chi connectivity index (χ2v) is 8.36. The van der Waals surface area contributed by atoms with Crippen LogP contribution in [-0.2, 0) is 20.7 Å². The van der Waals surface area contributed by atoms with Gasteiger partial charge in [0.1, 0.15) is 18.5 Å². The molecule has 168 valence electrons. The minimum absolute atomic E-state index is 0.244. The highest BCUT2D eigenvalue weighted by atomic mass is 16.6. The zero-order chi connectivity index (χ0) is 22.5. The third-order valence-electron chi connectivity index (χ3n) is 5.04. The van der Waals surface area contributed by atoms with E-state index >= 15 is 0 Å². The highest BCUT2D eigenvalue weighted by molar-refractivity contribution is 5.73. The largest absolute Gasteiger partial charge is 0.490 e. The van der Waals surface area contributed by atoms with E-state index < -0.39 is 12.0 Å². The molecule has 1 saturated carbocycles. The zero-order valence-electron chi connectivity index (χ0n) is 18.8. The normalized spacial score (nSPS) is 14.1. The van der Waals surface area contributed by atoms with Crippen molar-refractivity contribution in [1.82, 2.24) is 5.32 Å². The van der Waals surface area contributed by atoms with Crippen molar-refractivity contribution in [3.05, 3.63) is 29.8 Å². The Bertz CT molecular complexity index is 724. The summed E-state index contributed by atoms with van der Waals surface area (Å²) in [6.45, 7) is 6.42. The second-order valence-electron chi connectivity index (χ2n) is 8.36. The number of carbonyl (C=O) groups is 1. The van der Waals surface area contributed by atoms with Crippen LogP contribution in [0.1, 0.15) is 45.1 Å². The van der Waals surface area contributed by atoms with Gasteiger partial charge in [-0.25, -0.2) is 0 Å². The maximum Gasteiger partial charge on any atom is 0.311 e. The molecule has 2 rings (SSSR count). The number of esters is 1. The highest BCUT2D eigenvalue weighted by Crippen LogP contribution is 2.28. The van der Waals surface area contributed by atoms with Gasteiger partial charge in [0, 0.05) is 32.0 Å². The van der Waals surface area contributed by atoms with Gasteiger partial charge in [-0.3, -0.25) is 4.79 Å². The molecule has 1 aliphatic carbocycles. The van der Waals surface area contributed by atoms with E-state index in [0.29, 0.717) is 6.54 Å². The maximum atomic E-state index is 12.5. The van der Waals surface area contributed by atoms with Crippen LogP contribution < -0.4 is 10.1 Å². The Kier molecular flexibility index (Phi) is 11.0. The fourth-order valence-electron chi connectivity index (χ4n) is 2.95. The molecule has 0 saturated heterocycles. The summed E-state index contributed by atoms with van der Waals surface area (Å²) in [5.74, 6) is 5.64. The molecule has 0 bridgehead atoms. The number of nitrogens with one attached hydrogen (secondary N) is 1. The van der Waals surface area contributed by atoms with Crippen molar-refractivity contribution in [2.45, 2.75) is 58.1 Å². The number of hydrogen-bond donors (Lipinski definition) is 1. The van der Waals surface area contributed by atoms with Crippen LogP contribution in [0.2, 0.25) is 0 Å². The molecule has 0 radical (unpaired) electrons. The van der Waals surface area contributed by atoms with Crippen LogP contribution in [0.4, 0.5) is 0 Å². The molecular formula is C26H35NO4. The van der Waals surface area contributed by atoms with Crippen LogP contribution in [0.15, 0.2) is 24.3 Å². The number of rotatable bonds is 15. The van der Waals surface area contributed by atoms with Gasteiger partial charge in [-0.1, -0.05) is 26.0 Å². The molecule has 0 unspecified atom stereocenters. The van der Waals surface area contributed by atoms with Crippen LogP contribution in [-0.4, -0.2) is 44.5 Å². The summed E-state index contributed by atoms with van der Waals surface area (Å²) in [4.78, 5) is 12.5. The summed E-state index contributed by atoms with van der Waals surface area (Å²) in [5, 5.41) is 3.29. The first-order chi connectivity index (χ1) is 15.0. The third-order valence-corrected chi connectivity index (χ3v) is 5.04. The quantitative estimate of drug-likeness (QED) is 0.264. The number of terminal acetylenes is 2. The Labute approximate surface area is 187 Å². The second kappa shape index (κ2) is 13.8. The van der Waals surface area contributed by atoms with Crippen LogP contribution in [0.3, 0.4) is 0 Å². The van der Waals surface area contributed by atoms with Crippen LogP contribution >= 0.6 is 0 Å². The van der Waals surface area contributed by atoms with Crippen LogP contribution in [0.25, 0.3) is 0 Å². The van der Waals surface area contributed by atoms with E-state index in [1.165, 1.54) is 18.4 Å². The summed E-state index contributed by atoms with van der Waals surface area (Å²) < 4.78 is 17.3. The number of hydrogen-bond acceptors (Lipinski definition) is 5. The Morgan fingerprint density at radius 2 is 1.84 bits per heavy atom. The molecule has 0 aliphatic heterocycles. The lowest BCUT2D eigenvalue weighted by Gasteiger charge is -2.22. The molecule has 0 heterocycles. The molecule has 1 atom stereocenters. The smallest absolute Gasteiger partial charge is 0.311 e. The fourth-order valence-corrected chi connectivity index (χ4v) is 2.95. The molecule has 1 aromatic rings. The van der Waals surface area contributed by atoms with Gasteiger partial charge in [0.2, 0.25) is 0 Å². The first-order valence-corrected chi connectivity index (χ1v) is 11.1. The van der Waals surface area contributed by atoms with Gasteiger partial charge in [0.15, 0.2) is 0 Å². The lowest BCUT2D eigenvalue weighted by molar-refractivity contribution is -0.155. The summed E-state index contributed by atoms with van der Waals surface area (Å²) >= 11 is 0. The number of benzene rings is 1. The first kappa shape index (κ1) is 24.8. The fraction of sp³-hybridized carbons (Fsp3) is 0.577. The average molecular weight is 426 g/mol. The molecule has 1 fully saturated rings. The maximum absolute atomic E-state index is 12.5. The summed E-state index contributed by atoms with van der Waals surface area (Å²) in [7, 11) is 0. The van der Waals surface area contributed by atoms with Crippen molar-refractivity contribution in [3.8, 4) is 30.4 Å². The van der Waals surface area contributed by atoms with Crippen molar-refractivity contribution in [2.24, 2.45) is 11.8 Å². The van der Waals surface area contributed by atoms with Crippen molar-refractivity contribution < 1.29 is 19.0 Å². The molecule has 0 amide bonds. The molecule has 1 aromatic carbocycles. The average Bonchev–Trinajstić information content (AvgIpc) is 3.58. The highest BCUT2D eigenvalue weighted by Gasteiger charge is 2.23. The molecule has 1 aliphatic rings. The van der Waals surface area contributed by atoms with E-state index in [-0.39, 0.29) is 31.5 Å². The van der Waals surface area contributed by atoms with E-state index in [1.54, 1.807) is 0 Å². The van der Waals surface area contributed by atoms with Crippen molar-refractivity contribution in [3.63, 3.8) is 0 Å². The monoisotopic (exact) mass is 425 g/mol. The molecule has 31 heavy (non-hydrogen) atoms. The molecule has 0 aromatic heterocycles. The van der Waals surface area contributed by atoms with E-state index in [4.69, 9.17) is 27.1 Å². The van der Waals surface area contributed by atoms with Gasteiger partial charge >= 0.3 is 5.97 Å². The van der Waals surface area contributed by atoms with E-state index in [1.807, 2.05) is 38.1 Å². The standard InChI is InChI=1S/C26H35NO4/c1-5-7-23(8-6-2)26(28)31-25(17-27-20(3)4)19-30-24-13-11-21(12-14-24)15-16-29-18-22-9-10-22/h1-2,11-14,20,22-23,25,27H,7-10,15-19H2,3-4H3/t25-/m0/s1. The summed E-state index contributed by atoms with van der Waals surface area (Å²) in [6.07, 6.45) is 14.3. The van der Waals surface area contributed by atoms with Crippen molar-refractivity contribution in [1.29, 1.82) is 0 Å². The van der Waals surface area contributed by atoms with E-state index in [0.717, 1.165) is 31.3 Å². The lowest BCUT2D eigenvalue weighted by atomic mass is 10.0. The minimum atomic E-state index is -0.488. The molecule has 0 spiro atoms.